The Hall–Kier alpha value is -2.57. The van der Waals surface area contributed by atoms with Crippen LogP contribution < -0.4 is 9.47 Å². The van der Waals surface area contributed by atoms with Crippen LogP contribution >= 0.6 is 0 Å². The number of H-pyrrole nitrogens is 1. The number of imidazole rings is 1. The zero-order chi connectivity index (χ0) is 14.0. The van der Waals surface area contributed by atoms with Crippen molar-refractivity contribution in [3.05, 3.63) is 34.1 Å². The van der Waals surface area contributed by atoms with E-state index in [2.05, 4.69) is 9.97 Å². The molecule has 0 aliphatic heterocycles. The fourth-order valence-electron chi connectivity index (χ4n) is 1.76. The third-order valence-corrected chi connectivity index (χ3v) is 2.66. The molecule has 0 aliphatic carbocycles. The van der Waals surface area contributed by atoms with Crippen LogP contribution in [0.4, 0.5) is 5.69 Å². The Morgan fingerprint density at radius 2 is 1.89 bits per heavy atom. The molecule has 0 aliphatic rings. The molecule has 7 nitrogen and oxygen atoms in total. The van der Waals surface area contributed by atoms with Crippen molar-refractivity contribution in [2.45, 2.75) is 6.92 Å². The number of aromatic amines is 1. The molecule has 2 aromatic rings. The predicted molar refractivity (Wildman–Crippen MR) is 68.5 cm³/mol. The molecule has 0 radical (unpaired) electrons. The monoisotopic (exact) mass is 263 g/mol. The third-order valence-electron chi connectivity index (χ3n) is 2.66. The lowest BCUT2D eigenvalue weighted by Gasteiger charge is -2.09. The molecule has 0 unspecified atom stereocenters. The minimum absolute atomic E-state index is 0.0907. The lowest BCUT2D eigenvalue weighted by atomic mass is 10.1. The van der Waals surface area contributed by atoms with Gasteiger partial charge in [-0.15, -0.1) is 0 Å². The van der Waals surface area contributed by atoms with Gasteiger partial charge >= 0.3 is 0 Å². The highest BCUT2D eigenvalue weighted by molar-refractivity contribution is 5.73. The van der Waals surface area contributed by atoms with Crippen LogP contribution in [0.5, 0.6) is 11.5 Å². The first kappa shape index (κ1) is 12.9. The molecule has 1 heterocycles. The van der Waals surface area contributed by atoms with E-state index in [1.54, 1.807) is 6.20 Å². The molecule has 0 amide bonds. The summed E-state index contributed by atoms with van der Waals surface area (Å²) in [7, 11) is 2.90. The SMILES string of the molecule is COc1cc(-c2ncc(C)[nH]2)c([N+](=O)[O-])cc1OC. The summed E-state index contributed by atoms with van der Waals surface area (Å²) in [6.07, 6.45) is 1.61. The van der Waals surface area contributed by atoms with Crippen molar-refractivity contribution in [1.82, 2.24) is 9.97 Å². The number of aromatic nitrogens is 2. The third kappa shape index (κ3) is 2.35. The van der Waals surface area contributed by atoms with Gasteiger partial charge in [-0.25, -0.2) is 4.98 Å². The van der Waals surface area contributed by atoms with E-state index in [9.17, 15) is 10.1 Å². The van der Waals surface area contributed by atoms with Crippen LogP contribution in [0.25, 0.3) is 11.4 Å². The van der Waals surface area contributed by atoms with E-state index in [1.807, 2.05) is 6.92 Å². The van der Waals surface area contributed by atoms with E-state index in [-0.39, 0.29) is 5.69 Å². The topological polar surface area (TPSA) is 90.3 Å². The molecule has 0 spiro atoms. The van der Waals surface area contributed by atoms with Crippen LogP contribution in [0, 0.1) is 17.0 Å². The minimum Gasteiger partial charge on any atom is -0.493 e. The maximum atomic E-state index is 11.1. The van der Waals surface area contributed by atoms with Crippen molar-refractivity contribution in [3.8, 4) is 22.9 Å². The van der Waals surface area contributed by atoms with E-state index < -0.39 is 4.92 Å². The average molecular weight is 263 g/mol. The number of methoxy groups -OCH3 is 2. The Morgan fingerprint density at radius 1 is 1.26 bits per heavy atom. The Bertz CT molecular complexity index is 621. The summed E-state index contributed by atoms with van der Waals surface area (Å²) >= 11 is 0. The van der Waals surface area contributed by atoms with Crippen LogP contribution in [0.2, 0.25) is 0 Å². The van der Waals surface area contributed by atoms with Gasteiger partial charge in [0.15, 0.2) is 11.5 Å². The largest absolute Gasteiger partial charge is 0.493 e. The van der Waals surface area contributed by atoms with E-state index in [4.69, 9.17) is 9.47 Å². The Kier molecular flexibility index (Phi) is 3.37. The first-order chi connectivity index (χ1) is 9.06. The highest BCUT2D eigenvalue weighted by Gasteiger charge is 2.22. The van der Waals surface area contributed by atoms with E-state index in [0.29, 0.717) is 22.9 Å². The lowest BCUT2D eigenvalue weighted by Crippen LogP contribution is -1.97. The summed E-state index contributed by atoms with van der Waals surface area (Å²) in [4.78, 5) is 17.7. The summed E-state index contributed by atoms with van der Waals surface area (Å²) in [5.41, 5.74) is 1.09. The van der Waals surface area contributed by atoms with Crippen LogP contribution in [-0.2, 0) is 0 Å². The van der Waals surface area contributed by atoms with Crippen molar-refractivity contribution < 1.29 is 14.4 Å². The van der Waals surface area contributed by atoms with Gasteiger partial charge in [-0.05, 0) is 6.92 Å². The van der Waals surface area contributed by atoms with E-state index in [1.165, 1.54) is 26.4 Å². The van der Waals surface area contributed by atoms with Gasteiger partial charge in [0.2, 0.25) is 0 Å². The van der Waals surface area contributed by atoms with Gasteiger partial charge in [-0.3, -0.25) is 10.1 Å². The molecule has 7 heteroatoms. The minimum atomic E-state index is -0.477. The van der Waals surface area contributed by atoms with Crippen LogP contribution in [0.15, 0.2) is 18.3 Å². The second-order valence-corrected chi connectivity index (χ2v) is 3.90. The van der Waals surface area contributed by atoms with Gasteiger partial charge in [0.05, 0.1) is 30.8 Å². The van der Waals surface area contributed by atoms with E-state index >= 15 is 0 Å². The number of nitrogens with one attached hydrogen (secondary N) is 1. The number of nitro benzene ring substituents is 1. The summed E-state index contributed by atoms with van der Waals surface area (Å²) in [6.45, 7) is 1.82. The predicted octanol–water partition coefficient (Wildman–Crippen LogP) is 2.31. The summed E-state index contributed by atoms with van der Waals surface area (Å²) in [5, 5.41) is 11.1. The number of nitrogens with zero attached hydrogens (tertiary/aromatic N) is 2. The molecule has 0 saturated heterocycles. The lowest BCUT2D eigenvalue weighted by molar-refractivity contribution is -0.384. The second-order valence-electron chi connectivity index (χ2n) is 3.90. The zero-order valence-electron chi connectivity index (χ0n) is 10.8. The Balaban J connectivity index is 2.67. The van der Waals surface area contributed by atoms with Crippen molar-refractivity contribution in [2.24, 2.45) is 0 Å². The Labute approximate surface area is 109 Å². The first-order valence-corrected chi connectivity index (χ1v) is 5.49. The molecule has 0 atom stereocenters. The van der Waals surface area contributed by atoms with Crippen molar-refractivity contribution in [2.75, 3.05) is 14.2 Å². The number of rotatable bonds is 4. The number of hydrogen-bond donors (Lipinski definition) is 1. The van der Waals surface area contributed by atoms with Gasteiger partial charge in [0.1, 0.15) is 5.82 Å². The summed E-state index contributed by atoms with van der Waals surface area (Å²) < 4.78 is 10.2. The number of ether oxygens (including phenoxy) is 2. The van der Waals surface area contributed by atoms with Crippen molar-refractivity contribution >= 4 is 5.69 Å². The fraction of sp³-hybridized carbons (Fsp3) is 0.250. The molecule has 0 fully saturated rings. The van der Waals surface area contributed by atoms with Crippen LogP contribution in [0.3, 0.4) is 0 Å². The van der Waals surface area contributed by atoms with Gasteiger partial charge < -0.3 is 14.5 Å². The van der Waals surface area contributed by atoms with Crippen LogP contribution in [-0.4, -0.2) is 29.1 Å². The van der Waals surface area contributed by atoms with Crippen molar-refractivity contribution in [3.63, 3.8) is 0 Å². The maximum absolute atomic E-state index is 11.1. The van der Waals surface area contributed by atoms with Gasteiger partial charge in [-0.2, -0.15) is 0 Å². The molecule has 19 heavy (non-hydrogen) atoms. The number of aryl methyl sites for hydroxylation is 1. The number of nitro groups is 1. The number of hydrogen-bond acceptors (Lipinski definition) is 5. The molecular weight excluding hydrogens is 250 g/mol. The van der Waals surface area contributed by atoms with Gasteiger partial charge in [0, 0.05) is 18.0 Å². The van der Waals surface area contributed by atoms with E-state index in [0.717, 1.165) is 5.69 Å². The average Bonchev–Trinajstić information content (AvgIpc) is 2.83. The summed E-state index contributed by atoms with van der Waals surface area (Å²) in [5.74, 6) is 1.14. The number of benzene rings is 1. The standard InChI is InChI=1S/C12H13N3O4/c1-7-6-13-12(14-7)8-4-10(18-2)11(19-3)5-9(8)15(16)17/h4-6H,1-3H3,(H,13,14). The van der Waals surface area contributed by atoms with Crippen molar-refractivity contribution in [1.29, 1.82) is 0 Å². The smallest absolute Gasteiger partial charge is 0.284 e. The van der Waals surface area contributed by atoms with Gasteiger partial charge in [0.25, 0.3) is 5.69 Å². The summed E-state index contributed by atoms with van der Waals surface area (Å²) in [6, 6.07) is 2.86. The molecule has 0 saturated carbocycles. The zero-order valence-corrected chi connectivity index (χ0v) is 10.8. The molecule has 1 N–H and O–H groups in total. The Morgan fingerprint density at radius 3 is 2.37 bits per heavy atom. The maximum Gasteiger partial charge on any atom is 0.284 e. The molecular formula is C12H13N3O4. The normalized spacial score (nSPS) is 10.3. The molecule has 100 valence electrons. The quantitative estimate of drug-likeness (QED) is 0.675. The first-order valence-electron chi connectivity index (χ1n) is 5.49. The van der Waals surface area contributed by atoms with Crippen LogP contribution in [0.1, 0.15) is 5.69 Å². The molecule has 1 aromatic carbocycles. The molecule has 2 rings (SSSR count). The molecule has 0 bridgehead atoms. The molecule has 1 aromatic heterocycles. The highest BCUT2D eigenvalue weighted by atomic mass is 16.6. The highest BCUT2D eigenvalue weighted by Crippen LogP contribution is 2.38. The van der Waals surface area contributed by atoms with Gasteiger partial charge in [-0.1, -0.05) is 0 Å². The second kappa shape index (κ2) is 4.97. The fourth-order valence-corrected chi connectivity index (χ4v) is 1.76.